The van der Waals surface area contributed by atoms with E-state index in [-0.39, 0.29) is 16.9 Å². The molecule has 1 fully saturated rings. The average Bonchev–Trinajstić information content (AvgIpc) is 3.31. The van der Waals surface area contributed by atoms with Crippen LogP contribution in [0.3, 0.4) is 0 Å². The number of likely N-dealkylation sites (N-methyl/N-ethyl adjacent to an activating group) is 1. The van der Waals surface area contributed by atoms with E-state index in [1.165, 1.54) is 18.5 Å². The standard InChI is InChI=1S/C25H32ClFN8O2/c1-25(2,36)15-8-17(27)16(26)9-19(15)31-23-29-13-30-24(33-23)32-20-10-18(28)21(11-22(20)37-5)35-7-6-14(12-35)34(3)4/h8-11,13-14,36H,6-7,12,28H2,1-5H3,(H2,29,30,31,32,33)/t14-/m1/s1. The summed E-state index contributed by atoms with van der Waals surface area (Å²) in [6.45, 7) is 4.88. The number of nitrogen functional groups attached to an aromatic ring is 1. The molecule has 1 saturated heterocycles. The Balaban J connectivity index is 1.58. The van der Waals surface area contributed by atoms with Crippen LogP contribution in [0.15, 0.2) is 30.6 Å². The molecule has 10 nitrogen and oxygen atoms in total. The molecule has 0 saturated carbocycles. The zero-order valence-electron chi connectivity index (χ0n) is 21.5. The van der Waals surface area contributed by atoms with Gasteiger partial charge in [-0.25, -0.2) is 14.4 Å². The van der Waals surface area contributed by atoms with Crippen molar-refractivity contribution in [2.75, 3.05) is 55.6 Å². The van der Waals surface area contributed by atoms with Crippen molar-refractivity contribution in [1.82, 2.24) is 19.9 Å². The molecule has 2 heterocycles. The van der Waals surface area contributed by atoms with E-state index in [1.54, 1.807) is 27.0 Å². The zero-order valence-corrected chi connectivity index (χ0v) is 22.3. The van der Waals surface area contributed by atoms with Crippen LogP contribution in [0, 0.1) is 5.82 Å². The smallest absolute Gasteiger partial charge is 0.232 e. The molecule has 1 aliphatic heterocycles. The predicted molar refractivity (Wildman–Crippen MR) is 145 cm³/mol. The molecule has 0 amide bonds. The van der Waals surface area contributed by atoms with Gasteiger partial charge in [-0.3, -0.25) is 0 Å². The van der Waals surface area contributed by atoms with Gasteiger partial charge in [-0.05, 0) is 52.6 Å². The molecule has 1 aliphatic rings. The highest BCUT2D eigenvalue weighted by molar-refractivity contribution is 6.31. The molecule has 0 radical (unpaired) electrons. The van der Waals surface area contributed by atoms with Crippen molar-refractivity contribution >= 4 is 46.2 Å². The van der Waals surface area contributed by atoms with Crippen LogP contribution >= 0.6 is 11.6 Å². The van der Waals surface area contributed by atoms with Crippen LogP contribution in [0.1, 0.15) is 25.8 Å². The molecular formula is C25H32ClFN8O2. The predicted octanol–water partition coefficient (Wildman–Crippen LogP) is 4.11. The van der Waals surface area contributed by atoms with E-state index in [1.807, 2.05) is 6.07 Å². The molecule has 1 atom stereocenters. The summed E-state index contributed by atoms with van der Waals surface area (Å²) in [4.78, 5) is 17.2. The maximum atomic E-state index is 14.1. The first-order valence-corrected chi connectivity index (χ1v) is 12.2. The van der Waals surface area contributed by atoms with E-state index in [9.17, 15) is 9.50 Å². The van der Waals surface area contributed by atoms with Crippen LogP contribution in [0.2, 0.25) is 5.02 Å². The molecule has 2 aromatic carbocycles. The third-order valence-corrected chi connectivity index (χ3v) is 6.66. The van der Waals surface area contributed by atoms with Crippen molar-refractivity contribution < 1.29 is 14.2 Å². The fourth-order valence-electron chi connectivity index (χ4n) is 4.32. The normalized spacial score (nSPS) is 15.8. The Bertz CT molecular complexity index is 1280. The number of aromatic nitrogens is 3. The number of halogens is 2. The summed E-state index contributed by atoms with van der Waals surface area (Å²) >= 11 is 5.98. The summed E-state index contributed by atoms with van der Waals surface area (Å²) in [5, 5.41) is 16.5. The molecule has 37 heavy (non-hydrogen) atoms. The number of ether oxygens (including phenoxy) is 1. The van der Waals surface area contributed by atoms with Crippen molar-refractivity contribution in [2.45, 2.75) is 31.9 Å². The minimum absolute atomic E-state index is 0.0990. The van der Waals surface area contributed by atoms with E-state index in [2.05, 4.69) is 49.5 Å². The second kappa shape index (κ2) is 10.5. The first-order valence-electron chi connectivity index (χ1n) is 11.8. The van der Waals surface area contributed by atoms with Gasteiger partial charge in [-0.2, -0.15) is 4.98 Å². The van der Waals surface area contributed by atoms with Gasteiger partial charge in [0.05, 0.1) is 34.8 Å². The van der Waals surface area contributed by atoms with Gasteiger partial charge >= 0.3 is 0 Å². The number of nitrogens with zero attached hydrogens (tertiary/aromatic N) is 5. The third-order valence-electron chi connectivity index (χ3n) is 6.37. The van der Waals surface area contributed by atoms with E-state index in [0.29, 0.717) is 34.4 Å². The fourth-order valence-corrected chi connectivity index (χ4v) is 4.49. The largest absolute Gasteiger partial charge is 0.494 e. The lowest BCUT2D eigenvalue weighted by Gasteiger charge is -2.24. The van der Waals surface area contributed by atoms with E-state index in [4.69, 9.17) is 22.1 Å². The summed E-state index contributed by atoms with van der Waals surface area (Å²) in [6.07, 6.45) is 2.38. The second-order valence-electron chi connectivity index (χ2n) is 9.72. The first-order chi connectivity index (χ1) is 17.5. The SMILES string of the molecule is COc1cc(N2CC[C@@H](N(C)C)C2)c(N)cc1Nc1ncnc(Nc2cc(Cl)c(F)cc2C(C)(C)O)n1. The molecule has 3 aromatic rings. The molecule has 0 spiro atoms. The molecule has 0 bridgehead atoms. The summed E-state index contributed by atoms with van der Waals surface area (Å²) in [5.74, 6) is 0.347. The van der Waals surface area contributed by atoms with Crippen molar-refractivity contribution in [2.24, 2.45) is 0 Å². The van der Waals surface area contributed by atoms with Gasteiger partial charge < -0.3 is 36.0 Å². The number of hydrogen-bond donors (Lipinski definition) is 4. The number of nitrogens with one attached hydrogen (secondary N) is 2. The van der Waals surface area contributed by atoms with Crippen LogP contribution in [0.5, 0.6) is 5.75 Å². The van der Waals surface area contributed by atoms with Crippen LogP contribution < -0.4 is 26.0 Å². The topological polar surface area (TPSA) is 125 Å². The fraction of sp³-hybridized carbons (Fsp3) is 0.400. The molecule has 198 valence electrons. The van der Waals surface area contributed by atoms with Gasteiger partial charge in [-0.1, -0.05) is 11.6 Å². The van der Waals surface area contributed by atoms with Gasteiger partial charge in [0.15, 0.2) is 0 Å². The van der Waals surface area contributed by atoms with Crippen molar-refractivity contribution in [1.29, 1.82) is 0 Å². The van der Waals surface area contributed by atoms with Gasteiger partial charge in [-0.15, -0.1) is 0 Å². The second-order valence-corrected chi connectivity index (χ2v) is 10.1. The molecule has 0 unspecified atom stereocenters. The molecule has 5 N–H and O–H groups in total. The lowest BCUT2D eigenvalue weighted by molar-refractivity contribution is 0.0790. The van der Waals surface area contributed by atoms with E-state index >= 15 is 0 Å². The number of rotatable bonds is 8. The minimum atomic E-state index is -1.34. The number of hydrogen-bond acceptors (Lipinski definition) is 10. The van der Waals surface area contributed by atoms with Crippen molar-refractivity contribution in [3.05, 3.63) is 47.0 Å². The Kier molecular flexibility index (Phi) is 7.58. The van der Waals surface area contributed by atoms with Crippen LogP contribution in [0.25, 0.3) is 0 Å². The molecule has 1 aromatic heterocycles. The van der Waals surface area contributed by atoms with E-state index < -0.39 is 11.4 Å². The first kappa shape index (κ1) is 26.6. The quantitative estimate of drug-likeness (QED) is 0.316. The molecule has 4 rings (SSSR count). The Morgan fingerprint density at radius 3 is 2.43 bits per heavy atom. The highest BCUT2D eigenvalue weighted by Gasteiger charge is 2.26. The lowest BCUT2D eigenvalue weighted by atomic mass is 9.96. The van der Waals surface area contributed by atoms with Gasteiger partial charge in [0.2, 0.25) is 11.9 Å². The summed E-state index contributed by atoms with van der Waals surface area (Å²) in [5.41, 5.74) is 7.87. The summed E-state index contributed by atoms with van der Waals surface area (Å²) in [6, 6.07) is 6.73. The highest BCUT2D eigenvalue weighted by Crippen LogP contribution is 2.38. The van der Waals surface area contributed by atoms with Crippen LogP contribution in [-0.4, -0.2) is 65.3 Å². The maximum Gasteiger partial charge on any atom is 0.232 e. The third kappa shape index (κ3) is 5.95. The highest BCUT2D eigenvalue weighted by atomic mass is 35.5. The number of methoxy groups -OCH3 is 1. The summed E-state index contributed by atoms with van der Waals surface area (Å²) in [7, 11) is 5.75. The van der Waals surface area contributed by atoms with Gasteiger partial charge in [0, 0.05) is 36.4 Å². The zero-order chi connectivity index (χ0) is 26.9. The Morgan fingerprint density at radius 1 is 1.16 bits per heavy atom. The van der Waals surface area contributed by atoms with Crippen LogP contribution in [0.4, 0.5) is 39.0 Å². The molecule has 12 heteroatoms. The Labute approximate surface area is 220 Å². The Morgan fingerprint density at radius 2 is 1.84 bits per heavy atom. The summed E-state index contributed by atoms with van der Waals surface area (Å²) < 4.78 is 19.7. The lowest BCUT2D eigenvalue weighted by Crippen LogP contribution is -2.31. The van der Waals surface area contributed by atoms with Crippen LogP contribution in [-0.2, 0) is 5.60 Å². The monoisotopic (exact) mass is 530 g/mol. The Hall–Kier alpha value is -3.41. The van der Waals surface area contributed by atoms with E-state index in [0.717, 1.165) is 25.2 Å². The molecule has 0 aliphatic carbocycles. The van der Waals surface area contributed by atoms with Gasteiger partial charge in [0.1, 0.15) is 17.9 Å². The number of benzene rings is 2. The van der Waals surface area contributed by atoms with Crippen molar-refractivity contribution in [3.8, 4) is 5.75 Å². The van der Waals surface area contributed by atoms with Gasteiger partial charge in [0.25, 0.3) is 0 Å². The number of nitrogens with two attached hydrogens (primary N) is 1. The number of aliphatic hydroxyl groups is 1. The average molecular weight is 531 g/mol. The number of anilines is 6. The maximum absolute atomic E-state index is 14.1. The minimum Gasteiger partial charge on any atom is -0.494 e. The van der Waals surface area contributed by atoms with Crippen molar-refractivity contribution in [3.63, 3.8) is 0 Å². The molecular weight excluding hydrogens is 499 g/mol.